The van der Waals surface area contributed by atoms with Crippen molar-refractivity contribution in [1.29, 1.82) is 0 Å². The van der Waals surface area contributed by atoms with Gasteiger partial charge in [0.25, 0.3) is 5.84 Å². The first-order chi connectivity index (χ1) is 7.79. The number of amidine groups is 1. The normalized spacial score (nSPS) is 21.7. The Morgan fingerprint density at radius 1 is 1.33 bits per heavy atom. The van der Waals surface area contributed by atoms with Gasteiger partial charge in [-0.15, -0.1) is 5.06 Å². The first-order valence-electron chi connectivity index (χ1n) is 5.37. The molecule has 18 heavy (non-hydrogen) atoms. The zero-order valence-electron chi connectivity index (χ0n) is 11.9. The first kappa shape index (κ1) is 17.3. The maximum absolute atomic E-state index is 9.79. The highest BCUT2D eigenvalue weighted by Crippen LogP contribution is 2.34. The summed E-state index contributed by atoms with van der Waals surface area (Å²) < 4.78 is 33.1. The van der Waals surface area contributed by atoms with Crippen LogP contribution in [0.4, 0.5) is 0 Å². The molecule has 0 aromatic rings. The van der Waals surface area contributed by atoms with E-state index < -0.39 is 10.4 Å². The van der Waals surface area contributed by atoms with Crippen LogP contribution in [0.2, 0.25) is 0 Å². The number of likely N-dealkylation sites (N-methyl/N-ethyl adjacent to an activating group) is 1. The summed E-state index contributed by atoms with van der Waals surface area (Å²) in [4.78, 5) is 0. The van der Waals surface area contributed by atoms with Crippen molar-refractivity contribution >= 4 is 16.2 Å². The molecule has 1 aliphatic rings. The Hall–Kier alpha value is -0.700. The summed E-state index contributed by atoms with van der Waals surface area (Å²) in [5, 5.41) is 11.1. The second-order valence-corrected chi connectivity index (χ2v) is 6.26. The lowest BCUT2D eigenvalue weighted by atomic mass is 9.83. The van der Waals surface area contributed by atoms with Crippen LogP contribution in [0, 0.1) is 0 Å². The van der Waals surface area contributed by atoms with Gasteiger partial charge in [-0.2, -0.15) is 0 Å². The van der Waals surface area contributed by atoms with E-state index in [2.05, 4.69) is 22.6 Å². The Morgan fingerprint density at radius 3 is 1.72 bits per heavy atom. The van der Waals surface area contributed by atoms with E-state index in [1.165, 1.54) is 5.06 Å². The summed E-state index contributed by atoms with van der Waals surface area (Å²) in [6, 6.07) is 0. The second-order valence-electron chi connectivity index (χ2n) is 5.11. The monoisotopic (exact) mass is 282 g/mol. The molecule has 0 aromatic carbocycles. The van der Waals surface area contributed by atoms with Gasteiger partial charge in [0.05, 0.1) is 14.2 Å². The van der Waals surface area contributed by atoms with Crippen molar-refractivity contribution in [2.24, 2.45) is 0 Å². The Balaban J connectivity index is 0.000000411. The van der Waals surface area contributed by atoms with Crippen molar-refractivity contribution in [1.82, 2.24) is 5.06 Å². The molecule has 1 N–H and O–H groups in total. The van der Waals surface area contributed by atoms with Crippen molar-refractivity contribution in [3.8, 4) is 0 Å². The van der Waals surface area contributed by atoms with Crippen molar-refractivity contribution in [3.63, 3.8) is 0 Å². The van der Waals surface area contributed by atoms with Crippen LogP contribution in [-0.4, -0.2) is 58.9 Å². The van der Waals surface area contributed by atoms with E-state index in [0.29, 0.717) is 0 Å². The topological polar surface area (TPSA) is 92.9 Å². The zero-order chi connectivity index (χ0) is 14.9. The Kier molecular flexibility index (Phi) is 4.92. The molecule has 0 radical (unpaired) electrons. The van der Waals surface area contributed by atoms with Gasteiger partial charge in [-0.3, -0.25) is 8.76 Å². The lowest BCUT2D eigenvalue weighted by molar-refractivity contribution is -0.574. The Bertz CT molecular complexity index is 439. The highest BCUT2D eigenvalue weighted by molar-refractivity contribution is 7.80. The molecule has 0 atom stereocenters. The summed E-state index contributed by atoms with van der Waals surface area (Å²) in [5.41, 5.74) is -0.266. The lowest BCUT2D eigenvalue weighted by Crippen LogP contribution is -2.53. The van der Waals surface area contributed by atoms with Crippen LogP contribution in [0.1, 0.15) is 34.6 Å². The van der Waals surface area contributed by atoms with Gasteiger partial charge in [0, 0.05) is 6.92 Å². The third-order valence-electron chi connectivity index (χ3n) is 3.86. The number of hydrogen-bond donors (Lipinski definition) is 1. The highest BCUT2D eigenvalue weighted by Gasteiger charge is 2.57. The van der Waals surface area contributed by atoms with E-state index in [1.54, 1.807) is 0 Å². The summed E-state index contributed by atoms with van der Waals surface area (Å²) >= 11 is 0. The largest absolute Gasteiger partial charge is 0.726 e. The van der Waals surface area contributed by atoms with Crippen molar-refractivity contribution in [2.75, 3.05) is 14.2 Å². The molecule has 1 aliphatic heterocycles. The number of hydroxylamine groups is 2. The number of nitrogens with zero attached hydrogens (tertiary/aromatic N) is 2. The molecule has 0 spiro atoms. The van der Waals surface area contributed by atoms with E-state index in [1.807, 2.05) is 27.8 Å². The molecular formula is C10H22N2O5S. The number of rotatable bonds is 1. The maximum Gasteiger partial charge on any atom is 0.275 e. The van der Waals surface area contributed by atoms with Gasteiger partial charge in [-0.1, -0.05) is 0 Å². The minimum Gasteiger partial charge on any atom is -0.726 e. The van der Waals surface area contributed by atoms with Gasteiger partial charge in [0.1, 0.15) is 5.54 Å². The average Bonchev–Trinajstić information content (AvgIpc) is 2.33. The molecule has 0 bridgehead atoms. The van der Waals surface area contributed by atoms with Crippen LogP contribution in [0.5, 0.6) is 0 Å². The van der Waals surface area contributed by atoms with E-state index in [4.69, 9.17) is 0 Å². The summed E-state index contributed by atoms with van der Waals surface area (Å²) in [6.45, 7) is 10.3. The predicted molar refractivity (Wildman–Crippen MR) is 65.4 cm³/mol. The molecular weight excluding hydrogens is 260 g/mol. The van der Waals surface area contributed by atoms with Crippen LogP contribution in [0.15, 0.2) is 0 Å². The van der Waals surface area contributed by atoms with Crippen LogP contribution < -0.4 is 0 Å². The van der Waals surface area contributed by atoms with Crippen LogP contribution in [0.3, 0.4) is 0 Å². The fourth-order valence-corrected chi connectivity index (χ4v) is 1.62. The SMILES string of the molecule is CC1=[N+](C)C(C)(C)C(C)(C)N1O.COS(=O)(=O)[O-]. The van der Waals surface area contributed by atoms with Gasteiger partial charge in [-0.05, 0) is 27.7 Å². The maximum atomic E-state index is 9.79. The van der Waals surface area contributed by atoms with Gasteiger partial charge in [0.15, 0.2) is 5.54 Å². The van der Waals surface area contributed by atoms with Crippen LogP contribution in [0.25, 0.3) is 0 Å². The number of hydrogen-bond acceptors (Lipinski definition) is 6. The van der Waals surface area contributed by atoms with Crippen molar-refractivity contribution < 1.29 is 26.9 Å². The second kappa shape index (κ2) is 5.12. The molecule has 108 valence electrons. The Morgan fingerprint density at radius 2 is 1.67 bits per heavy atom. The molecule has 8 heteroatoms. The predicted octanol–water partition coefficient (Wildman–Crippen LogP) is 0.402. The van der Waals surface area contributed by atoms with Gasteiger partial charge in [0.2, 0.25) is 10.4 Å². The summed E-state index contributed by atoms with van der Waals surface area (Å²) in [7, 11) is -1.60. The molecule has 0 aromatic heterocycles. The molecule has 1 rings (SSSR count). The quantitative estimate of drug-likeness (QED) is 0.425. The van der Waals surface area contributed by atoms with Crippen molar-refractivity contribution in [3.05, 3.63) is 0 Å². The smallest absolute Gasteiger partial charge is 0.275 e. The molecule has 7 nitrogen and oxygen atoms in total. The Labute approximate surface area is 109 Å². The van der Waals surface area contributed by atoms with Gasteiger partial charge >= 0.3 is 0 Å². The van der Waals surface area contributed by atoms with E-state index in [0.717, 1.165) is 12.9 Å². The third-order valence-corrected chi connectivity index (χ3v) is 4.27. The lowest BCUT2D eigenvalue weighted by Gasteiger charge is -2.31. The van der Waals surface area contributed by atoms with Crippen molar-refractivity contribution in [2.45, 2.75) is 45.7 Å². The van der Waals surface area contributed by atoms with Gasteiger partial charge in [-0.25, -0.2) is 13.6 Å². The fourth-order valence-electron chi connectivity index (χ4n) is 1.62. The van der Waals surface area contributed by atoms with E-state index in [9.17, 15) is 18.2 Å². The third kappa shape index (κ3) is 3.19. The fraction of sp³-hybridized carbons (Fsp3) is 0.900. The van der Waals surface area contributed by atoms with E-state index in [-0.39, 0.29) is 11.1 Å². The molecule has 0 amide bonds. The standard InChI is InChI=1S/C9H19N2O.CH4O4S/c1-7-10(6)8(2,3)9(4,5)11(7)12;1-5-6(2,3)4/h12H,1-6H3;1H3,(H,2,3,4)/q+1;/p-1. The molecule has 1 heterocycles. The minimum absolute atomic E-state index is 0.0359. The van der Waals surface area contributed by atoms with Crippen LogP contribution >= 0.6 is 0 Å². The molecule has 0 saturated heterocycles. The molecule has 0 saturated carbocycles. The summed E-state index contributed by atoms with van der Waals surface area (Å²) in [6.07, 6.45) is 0. The average molecular weight is 282 g/mol. The minimum atomic E-state index is -4.41. The molecule has 0 unspecified atom stereocenters. The highest BCUT2D eigenvalue weighted by atomic mass is 32.3. The molecule has 0 fully saturated rings. The van der Waals surface area contributed by atoms with E-state index >= 15 is 0 Å². The summed E-state index contributed by atoms with van der Waals surface area (Å²) in [5.74, 6) is 0.907. The molecule has 0 aliphatic carbocycles. The first-order valence-corrected chi connectivity index (χ1v) is 6.70. The zero-order valence-corrected chi connectivity index (χ0v) is 12.7. The van der Waals surface area contributed by atoms with Gasteiger partial charge < -0.3 is 4.55 Å². The van der Waals surface area contributed by atoms with Crippen LogP contribution in [-0.2, 0) is 14.6 Å².